The van der Waals surface area contributed by atoms with E-state index in [1.807, 2.05) is 0 Å². The van der Waals surface area contributed by atoms with Gasteiger partial charge in [-0.25, -0.2) is 13.4 Å². The Labute approximate surface area is 89.2 Å². The van der Waals surface area contributed by atoms with E-state index in [9.17, 15) is 8.42 Å². The predicted molar refractivity (Wildman–Crippen MR) is 54.8 cm³/mol. The normalized spacial score (nSPS) is 12.3. The Morgan fingerprint density at radius 1 is 1.60 bits per heavy atom. The van der Waals surface area contributed by atoms with Crippen LogP contribution in [0.2, 0.25) is 0 Å². The van der Waals surface area contributed by atoms with Crippen molar-refractivity contribution in [3.63, 3.8) is 0 Å². The molecule has 1 heterocycles. The lowest BCUT2D eigenvalue weighted by molar-refractivity contribution is 0.266. The van der Waals surface area contributed by atoms with E-state index in [0.29, 0.717) is 5.82 Å². The molecule has 1 N–H and O–H groups in total. The Hall–Kier alpha value is -0.920. The van der Waals surface area contributed by atoms with Crippen LogP contribution in [-0.2, 0) is 17.1 Å². The third-order valence-corrected chi connectivity index (χ3v) is 3.90. The molecule has 1 aromatic rings. The second-order valence-corrected chi connectivity index (χ2v) is 5.28. The predicted octanol–water partition coefficient (Wildman–Crippen LogP) is -0.659. The SMILES string of the molecule is Cc1nc(S(=O)(=O)N(C)CCO)cn1C. The largest absolute Gasteiger partial charge is 0.395 e. The monoisotopic (exact) mass is 233 g/mol. The fraction of sp³-hybridized carbons (Fsp3) is 0.625. The molecule has 6 nitrogen and oxygen atoms in total. The number of sulfonamides is 1. The molecule has 0 saturated heterocycles. The van der Waals surface area contributed by atoms with Gasteiger partial charge in [0, 0.05) is 26.8 Å². The Morgan fingerprint density at radius 2 is 2.20 bits per heavy atom. The number of hydrogen-bond donors (Lipinski definition) is 1. The first-order valence-corrected chi connectivity index (χ1v) is 5.90. The lowest BCUT2D eigenvalue weighted by Gasteiger charge is -2.13. The highest BCUT2D eigenvalue weighted by Crippen LogP contribution is 2.12. The van der Waals surface area contributed by atoms with Crippen molar-refractivity contribution in [2.45, 2.75) is 11.9 Å². The van der Waals surface area contributed by atoms with Gasteiger partial charge in [-0.15, -0.1) is 0 Å². The molecule has 0 amide bonds. The molecule has 0 atom stereocenters. The molecule has 1 aromatic heterocycles. The minimum absolute atomic E-state index is 0.0125. The van der Waals surface area contributed by atoms with E-state index in [4.69, 9.17) is 5.11 Å². The molecule has 0 aliphatic rings. The van der Waals surface area contributed by atoms with Crippen molar-refractivity contribution in [1.82, 2.24) is 13.9 Å². The Kier molecular flexibility index (Phi) is 3.48. The van der Waals surface area contributed by atoms with Crippen LogP contribution in [0.15, 0.2) is 11.2 Å². The first-order chi connectivity index (χ1) is 6.89. The van der Waals surface area contributed by atoms with Crippen LogP contribution in [0.4, 0.5) is 0 Å². The van der Waals surface area contributed by atoms with Crippen LogP contribution in [0, 0.1) is 6.92 Å². The molecule has 0 spiro atoms. The molecule has 0 fully saturated rings. The van der Waals surface area contributed by atoms with Crippen LogP contribution in [0.5, 0.6) is 0 Å². The van der Waals surface area contributed by atoms with Gasteiger partial charge < -0.3 is 9.67 Å². The quantitative estimate of drug-likeness (QED) is 0.749. The Morgan fingerprint density at radius 3 is 2.60 bits per heavy atom. The zero-order valence-electron chi connectivity index (χ0n) is 9.01. The second-order valence-electron chi connectivity index (χ2n) is 3.29. The molecule has 0 aromatic carbocycles. The average molecular weight is 233 g/mol. The van der Waals surface area contributed by atoms with Crippen LogP contribution in [0.1, 0.15) is 5.82 Å². The number of nitrogens with zero attached hydrogens (tertiary/aromatic N) is 3. The zero-order valence-corrected chi connectivity index (χ0v) is 9.82. The molecular weight excluding hydrogens is 218 g/mol. The van der Waals surface area contributed by atoms with Crippen molar-refractivity contribution in [3.05, 3.63) is 12.0 Å². The number of aryl methyl sites for hydroxylation is 2. The van der Waals surface area contributed by atoms with E-state index in [1.165, 1.54) is 13.2 Å². The molecule has 0 saturated carbocycles. The van der Waals surface area contributed by atoms with Gasteiger partial charge >= 0.3 is 0 Å². The summed E-state index contributed by atoms with van der Waals surface area (Å²) in [5.41, 5.74) is 0. The van der Waals surface area contributed by atoms with Crippen molar-refractivity contribution in [2.24, 2.45) is 7.05 Å². The first-order valence-electron chi connectivity index (χ1n) is 4.46. The van der Waals surface area contributed by atoms with Crippen molar-refractivity contribution in [1.29, 1.82) is 0 Å². The number of aromatic nitrogens is 2. The summed E-state index contributed by atoms with van der Waals surface area (Å²) >= 11 is 0. The van der Waals surface area contributed by atoms with Gasteiger partial charge in [-0.2, -0.15) is 4.31 Å². The van der Waals surface area contributed by atoms with Gasteiger partial charge in [0.1, 0.15) is 5.82 Å². The summed E-state index contributed by atoms with van der Waals surface area (Å²) in [5.74, 6) is 0.631. The summed E-state index contributed by atoms with van der Waals surface area (Å²) in [6, 6.07) is 0. The molecule has 15 heavy (non-hydrogen) atoms. The molecule has 86 valence electrons. The van der Waals surface area contributed by atoms with Gasteiger partial charge in [-0.3, -0.25) is 0 Å². The maximum absolute atomic E-state index is 11.8. The minimum atomic E-state index is -3.56. The van der Waals surface area contributed by atoms with Crippen molar-refractivity contribution >= 4 is 10.0 Å². The third kappa shape index (κ3) is 2.36. The summed E-state index contributed by atoms with van der Waals surface area (Å²) in [6.07, 6.45) is 1.46. The van der Waals surface area contributed by atoms with Gasteiger partial charge in [0.05, 0.1) is 6.61 Å². The molecule has 7 heteroatoms. The van der Waals surface area contributed by atoms with Gasteiger partial charge in [-0.1, -0.05) is 0 Å². The van der Waals surface area contributed by atoms with Crippen LogP contribution >= 0.6 is 0 Å². The smallest absolute Gasteiger partial charge is 0.261 e. The fourth-order valence-corrected chi connectivity index (χ4v) is 2.25. The standard InChI is InChI=1S/C8H15N3O3S/c1-7-9-8(6-10(7)2)15(13,14)11(3)4-5-12/h6,12H,4-5H2,1-3H3. The van der Waals surface area contributed by atoms with Gasteiger partial charge in [0.2, 0.25) is 0 Å². The summed E-state index contributed by atoms with van der Waals surface area (Å²) in [6.45, 7) is 1.59. The first kappa shape index (κ1) is 12.2. The lowest BCUT2D eigenvalue weighted by Crippen LogP contribution is -2.29. The fourth-order valence-electron chi connectivity index (χ4n) is 1.07. The Bertz CT molecular complexity index is 418. The highest BCUT2D eigenvalue weighted by Gasteiger charge is 2.23. The summed E-state index contributed by atoms with van der Waals surface area (Å²) in [4.78, 5) is 3.94. The molecule has 0 aliphatic heterocycles. The van der Waals surface area contributed by atoms with E-state index in [2.05, 4.69) is 4.98 Å². The third-order valence-electron chi connectivity index (χ3n) is 2.18. The van der Waals surface area contributed by atoms with Crippen molar-refractivity contribution < 1.29 is 13.5 Å². The van der Waals surface area contributed by atoms with E-state index in [0.717, 1.165) is 4.31 Å². The second kappa shape index (κ2) is 4.30. The highest BCUT2D eigenvalue weighted by molar-refractivity contribution is 7.89. The molecule has 0 radical (unpaired) electrons. The van der Waals surface area contributed by atoms with Crippen molar-refractivity contribution in [2.75, 3.05) is 20.2 Å². The Balaban J connectivity index is 3.06. The van der Waals surface area contributed by atoms with Gasteiger partial charge in [-0.05, 0) is 6.92 Å². The maximum atomic E-state index is 11.8. The molecule has 0 unspecified atom stereocenters. The molecular formula is C8H15N3O3S. The number of aliphatic hydroxyl groups is 1. The highest BCUT2D eigenvalue weighted by atomic mass is 32.2. The van der Waals surface area contributed by atoms with Crippen LogP contribution in [-0.4, -0.2) is 47.6 Å². The molecule has 1 rings (SSSR count). The van der Waals surface area contributed by atoms with Crippen LogP contribution in [0.25, 0.3) is 0 Å². The van der Waals surface area contributed by atoms with Gasteiger partial charge in [0.15, 0.2) is 5.03 Å². The summed E-state index contributed by atoms with van der Waals surface area (Å²) < 4.78 is 26.4. The average Bonchev–Trinajstić information content (AvgIpc) is 2.48. The van der Waals surface area contributed by atoms with Gasteiger partial charge in [0.25, 0.3) is 10.0 Å². The number of aliphatic hydroxyl groups excluding tert-OH is 1. The maximum Gasteiger partial charge on any atom is 0.261 e. The van der Waals surface area contributed by atoms with Crippen molar-refractivity contribution in [3.8, 4) is 0 Å². The lowest BCUT2D eigenvalue weighted by atomic mass is 10.7. The topological polar surface area (TPSA) is 75.4 Å². The number of imidazole rings is 1. The van der Waals surface area contributed by atoms with Crippen LogP contribution in [0.3, 0.4) is 0 Å². The molecule has 0 aliphatic carbocycles. The van der Waals surface area contributed by atoms with E-state index >= 15 is 0 Å². The summed E-state index contributed by atoms with van der Waals surface area (Å²) in [5, 5.41) is 8.69. The number of rotatable bonds is 4. The van der Waals surface area contributed by atoms with E-state index in [1.54, 1.807) is 18.5 Å². The number of hydrogen-bond acceptors (Lipinski definition) is 4. The van der Waals surface area contributed by atoms with Crippen LogP contribution < -0.4 is 0 Å². The summed E-state index contributed by atoms with van der Waals surface area (Å²) in [7, 11) is -0.420. The van der Waals surface area contributed by atoms with E-state index in [-0.39, 0.29) is 18.2 Å². The number of likely N-dealkylation sites (N-methyl/N-ethyl adjacent to an activating group) is 1. The van der Waals surface area contributed by atoms with E-state index < -0.39 is 10.0 Å². The molecule has 0 bridgehead atoms. The zero-order chi connectivity index (χ0) is 11.6. The minimum Gasteiger partial charge on any atom is -0.395 e.